The van der Waals surface area contributed by atoms with Gasteiger partial charge in [0, 0.05) is 23.5 Å². The zero-order valence-electron chi connectivity index (χ0n) is 11.4. The van der Waals surface area contributed by atoms with Gasteiger partial charge in [0.25, 0.3) is 0 Å². The molecule has 0 unspecified atom stereocenters. The Morgan fingerprint density at radius 2 is 2.05 bits per heavy atom. The summed E-state index contributed by atoms with van der Waals surface area (Å²) in [5.74, 6) is 1.34. The van der Waals surface area contributed by atoms with Gasteiger partial charge in [-0.15, -0.1) is 0 Å². The van der Waals surface area contributed by atoms with Crippen LogP contribution in [0.15, 0.2) is 24.4 Å². The molecule has 2 rings (SSSR count). The molecule has 2 heterocycles. The van der Waals surface area contributed by atoms with E-state index >= 15 is 0 Å². The summed E-state index contributed by atoms with van der Waals surface area (Å²) in [4.78, 5) is 13.2. The van der Waals surface area contributed by atoms with Crippen molar-refractivity contribution >= 4 is 5.82 Å². The summed E-state index contributed by atoms with van der Waals surface area (Å²) in [6.45, 7) is 5.86. The molecule has 0 bridgehead atoms. The molecule has 19 heavy (non-hydrogen) atoms. The third-order valence-electron chi connectivity index (χ3n) is 2.94. The first kappa shape index (κ1) is 13.4. The quantitative estimate of drug-likeness (QED) is 0.877. The zero-order valence-corrected chi connectivity index (χ0v) is 11.4. The average molecular weight is 258 g/mol. The standard InChI is InChI=1S/C14H18N4O/c1-9(8-19)16-13-10(2)11(3)17-14(18-13)12-6-4-5-7-15-12/h4-7,9,19H,8H2,1-3H3,(H,16,17,18)/t9-/m1/s1. The lowest BCUT2D eigenvalue weighted by Gasteiger charge is -2.15. The molecule has 1 atom stereocenters. The maximum atomic E-state index is 9.12. The molecule has 0 aliphatic rings. The van der Waals surface area contributed by atoms with E-state index in [4.69, 9.17) is 5.11 Å². The fraction of sp³-hybridized carbons (Fsp3) is 0.357. The van der Waals surface area contributed by atoms with Crippen LogP contribution in [0.25, 0.3) is 11.5 Å². The number of nitrogens with zero attached hydrogens (tertiary/aromatic N) is 3. The van der Waals surface area contributed by atoms with Crippen molar-refractivity contribution in [2.75, 3.05) is 11.9 Å². The molecule has 0 spiro atoms. The highest BCUT2D eigenvalue weighted by molar-refractivity contribution is 5.56. The van der Waals surface area contributed by atoms with E-state index in [1.54, 1.807) is 6.20 Å². The molecule has 0 saturated heterocycles. The summed E-state index contributed by atoms with van der Waals surface area (Å²) >= 11 is 0. The first-order chi connectivity index (χ1) is 9.11. The van der Waals surface area contributed by atoms with Crippen molar-refractivity contribution in [2.24, 2.45) is 0 Å². The highest BCUT2D eigenvalue weighted by Crippen LogP contribution is 2.20. The lowest BCUT2D eigenvalue weighted by atomic mass is 10.2. The van der Waals surface area contributed by atoms with Gasteiger partial charge in [-0.3, -0.25) is 4.98 Å². The predicted molar refractivity (Wildman–Crippen MR) is 74.9 cm³/mol. The fourth-order valence-electron chi connectivity index (χ4n) is 1.66. The Balaban J connectivity index is 2.42. The Morgan fingerprint density at radius 1 is 1.26 bits per heavy atom. The molecule has 0 fully saturated rings. The number of pyridine rings is 1. The number of anilines is 1. The van der Waals surface area contributed by atoms with Gasteiger partial charge in [0.1, 0.15) is 11.5 Å². The van der Waals surface area contributed by atoms with Crippen LogP contribution in [0.4, 0.5) is 5.82 Å². The Labute approximate surface area is 112 Å². The maximum Gasteiger partial charge on any atom is 0.180 e. The van der Waals surface area contributed by atoms with Crippen molar-refractivity contribution in [3.8, 4) is 11.5 Å². The smallest absolute Gasteiger partial charge is 0.180 e. The van der Waals surface area contributed by atoms with E-state index in [2.05, 4.69) is 20.3 Å². The molecule has 0 radical (unpaired) electrons. The van der Waals surface area contributed by atoms with Crippen LogP contribution >= 0.6 is 0 Å². The van der Waals surface area contributed by atoms with Crippen molar-refractivity contribution < 1.29 is 5.11 Å². The Bertz CT molecular complexity index is 557. The number of aliphatic hydroxyl groups excluding tert-OH is 1. The third-order valence-corrected chi connectivity index (χ3v) is 2.94. The maximum absolute atomic E-state index is 9.12. The minimum Gasteiger partial charge on any atom is -0.394 e. The number of nitrogens with one attached hydrogen (secondary N) is 1. The molecule has 2 aromatic rings. The summed E-state index contributed by atoms with van der Waals surface area (Å²) in [7, 11) is 0. The number of hydrogen-bond donors (Lipinski definition) is 2. The topological polar surface area (TPSA) is 70.9 Å². The van der Waals surface area contributed by atoms with Crippen LogP contribution in [0.1, 0.15) is 18.2 Å². The van der Waals surface area contributed by atoms with Gasteiger partial charge in [0.15, 0.2) is 5.82 Å². The second kappa shape index (κ2) is 5.75. The SMILES string of the molecule is Cc1nc(-c2ccccn2)nc(N[C@H](C)CO)c1C. The Morgan fingerprint density at radius 3 is 2.68 bits per heavy atom. The zero-order chi connectivity index (χ0) is 13.8. The second-order valence-electron chi connectivity index (χ2n) is 4.55. The van der Waals surface area contributed by atoms with Crippen molar-refractivity contribution in [3.05, 3.63) is 35.7 Å². The van der Waals surface area contributed by atoms with Crippen molar-refractivity contribution in [2.45, 2.75) is 26.8 Å². The van der Waals surface area contributed by atoms with Crippen LogP contribution in [0.2, 0.25) is 0 Å². The summed E-state index contributed by atoms with van der Waals surface area (Å²) < 4.78 is 0. The van der Waals surface area contributed by atoms with Crippen LogP contribution in [0.5, 0.6) is 0 Å². The van der Waals surface area contributed by atoms with E-state index in [1.165, 1.54) is 0 Å². The summed E-state index contributed by atoms with van der Waals surface area (Å²) in [5, 5.41) is 12.3. The van der Waals surface area contributed by atoms with Gasteiger partial charge in [-0.2, -0.15) is 0 Å². The monoisotopic (exact) mass is 258 g/mol. The molecular formula is C14H18N4O. The Hall–Kier alpha value is -2.01. The summed E-state index contributed by atoms with van der Waals surface area (Å²) in [5.41, 5.74) is 2.63. The van der Waals surface area contributed by atoms with Crippen molar-refractivity contribution in [1.29, 1.82) is 0 Å². The van der Waals surface area contributed by atoms with Crippen LogP contribution in [0.3, 0.4) is 0 Å². The summed E-state index contributed by atoms with van der Waals surface area (Å²) in [6.07, 6.45) is 1.72. The van der Waals surface area contributed by atoms with Gasteiger partial charge in [0.05, 0.1) is 6.61 Å². The normalized spacial score (nSPS) is 12.2. The van der Waals surface area contributed by atoms with E-state index in [0.29, 0.717) is 5.82 Å². The number of aryl methyl sites for hydroxylation is 1. The average Bonchev–Trinajstić information content (AvgIpc) is 2.44. The van der Waals surface area contributed by atoms with Gasteiger partial charge in [-0.05, 0) is 32.9 Å². The molecule has 0 amide bonds. The van der Waals surface area contributed by atoms with Crippen molar-refractivity contribution in [3.63, 3.8) is 0 Å². The molecule has 0 aliphatic heterocycles. The van der Waals surface area contributed by atoms with E-state index in [1.807, 2.05) is 39.0 Å². The first-order valence-corrected chi connectivity index (χ1v) is 6.26. The number of rotatable bonds is 4. The van der Waals surface area contributed by atoms with Gasteiger partial charge < -0.3 is 10.4 Å². The number of hydrogen-bond acceptors (Lipinski definition) is 5. The molecule has 0 aromatic carbocycles. The van der Waals surface area contributed by atoms with Crippen LogP contribution in [-0.4, -0.2) is 32.7 Å². The van der Waals surface area contributed by atoms with Crippen LogP contribution in [-0.2, 0) is 0 Å². The lowest BCUT2D eigenvalue weighted by Crippen LogP contribution is -2.21. The highest BCUT2D eigenvalue weighted by atomic mass is 16.3. The van der Waals surface area contributed by atoms with Crippen LogP contribution in [0, 0.1) is 13.8 Å². The molecular weight excluding hydrogens is 240 g/mol. The molecule has 0 saturated carbocycles. The van der Waals surface area contributed by atoms with E-state index in [0.717, 1.165) is 22.8 Å². The van der Waals surface area contributed by atoms with E-state index in [-0.39, 0.29) is 12.6 Å². The predicted octanol–water partition coefficient (Wildman–Crippen LogP) is 1.95. The first-order valence-electron chi connectivity index (χ1n) is 6.26. The Kier molecular flexibility index (Phi) is 4.06. The minimum atomic E-state index is -0.0513. The van der Waals surface area contributed by atoms with E-state index < -0.39 is 0 Å². The molecule has 5 heteroatoms. The molecule has 0 aliphatic carbocycles. The van der Waals surface area contributed by atoms with Gasteiger partial charge >= 0.3 is 0 Å². The fourth-order valence-corrected chi connectivity index (χ4v) is 1.66. The summed E-state index contributed by atoms with van der Waals surface area (Å²) in [6, 6.07) is 5.59. The molecule has 2 aromatic heterocycles. The minimum absolute atomic E-state index is 0.0513. The van der Waals surface area contributed by atoms with E-state index in [9.17, 15) is 0 Å². The second-order valence-corrected chi connectivity index (χ2v) is 4.55. The highest BCUT2D eigenvalue weighted by Gasteiger charge is 2.11. The number of aromatic nitrogens is 3. The van der Waals surface area contributed by atoms with Crippen molar-refractivity contribution in [1.82, 2.24) is 15.0 Å². The number of aliphatic hydroxyl groups is 1. The lowest BCUT2D eigenvalue weighted by molar-refractivity contribution is 0.281. The van der Waals surface area contributed by atoms with Gasteiger partial charge in [-0.1, -0.05) is 6.07 Å². The largest absolute Gasteiger partial charge is 0.394 e. The van der Waals surface area contributed by atoms with Crippen LogP contribution < -0.4 is 5.32 Å². The molecule has 5 nitrogen and oxygen atoms in total. The molecule has 2 N–H and O–H groups in total. The molecule has 100 valence electrons. The third kappa shape index (κ3) is 3.06. The van der Waals surface area contributed by atoms with Gasteiger partial charge in [0.2, 0.25) is 0 Å². The van der Waals surface area contributed by atoms with Gasteiger partial charge in [-0.25, -0.2) is 9.97 Å².